The normalized spacial score (nSPS) is 24.5. The molecule has 0 unspecified atom stereocenters. The molecular weight excluding hydrogens is 466 g/mol. The van der Waals surface area contributed by atoms with E-state index in [2.05, 4.69) is 37.2 Å². The van der Waals surface area contributed by atoms with Gasteiger partial charge in [0.05, 0.1) is 16.6 Å². The van der Waals surface area contributed by atoms with Crippen LogP contribution < -0.4 is 5.32 Å². The molecule has 0 aromatic carbocycles. The highest BCUT2D eigenvalue weighted by atomic mass is 35.5. The first-order valence-electron chi connectivity index (χ1n) is 11.1. The number of anilines is 1. The van der Waals surface area contributed by atoms with E-state index in [0.717, 1.165) is 24.2 Å². The number of aromatic amines is 1. The minimum absolute atomic E-state index is 0.0642. The van der Waals surface area contributed by atoms with Gasteiger partial charge in [0, 0.05) is 12.2 Å². The van der Waals surface area contributed by atoms with Crippen molar-refractivity contribution >= 4 is 39.9 Å². The van der Waals surface area contributed by atoms with E-state index in [4.69, 9.17) is 11.6 Å². The Morgan fingerprint density at radius 2 is 1.88 bits per heavy atom. The average molecular weight is 487 g/mol. The molecule has 2 N–H and O–H groups in total. The van der Waals surface area contributed by atoms with Gasteiger partial charge in [-0.2, -0.15) is 4.39 Å². The van der Waals surface area contributed by atoms with Gasteiger partial charge in [-0.1, -0.05) is 18.5 Å². The third-order valence-corrected chi connectivity index (χ3v) is 8.25. The first-order chi connectivity index (χ1) is 16.0. The van der Waals surface area contributed by atoms with E-state index in [-0.39, 0.29) is 28.5 Å². The van der Waals surface area contributed by atoms with E-state index >= 15 is 4.39 Å². The van der Waals surface area contributed by atoms with Gasteiger partial charge in [0.1, 0.15) is 16.4 Å². The van der Waals surface area contributed by atoms with Crippen LogP contribution in [0.2, 0.25) is 5.15 Å². The number of thiophene rings is 1. The summed E-state index contributed by atoms with van der Waals surface area (Å²) in [6.45, 7) is 2.24. The van der Waals surface area contributed by atoms with Crippen LogP contribution in [0.25, 0.3) is 33.1 Å². The Hall–Kier alpha value is -2.65. The van der Waals surface area contributed by atoms with Gasteiger partial charge in [-0.25, -0.2) is 24.3 Å². The number of nitrogens with zero attached hydrogens (tertiary/aromatic N) is 4. The lowest BCUT2D eigenvalue weighted by molar-refractivity contribution is 0.0926. The highest BCUT2D eigenvalue weighted by Crippen LogP contribution is 2.46. The summed E-state index contributed by atoms with van der Waals surface area (Å²) in [5.41, 5.74) is 1.64. The predicted molar refractivity (Wildman–Crippen MR) is 125 cm³/mol. The number of rotatable bonds is 4. The number of fused-ring (bicyclic) bond motifs is 4. The van der Waals surface area contributed by atoms with E-state index in [9.17, 15) is 4.39 Å². The number of nitrogens with one attached hydrogen (secondary N) is 2. The first-order valence-corrected chi connectivity index (χ1v) is 12.3. The molecule has 3 saturated carbocycles. The van der Waals surface area contributed by atoms with Gasteiger partial charge in [-0.05, 0) is 55.6 Å². The maximum absolute atomic E-state index is 15.7. The van der Waals surface area contributed by atoms with E-state index in [1.54, 1.807) is 6.20 Å². The lowest BCUT2D eigenvalue weighted by Crippen LogP contribution is -2.47. The van der Waals surface area contributed by atoms with Gasteiger partial charge in [0.2, 0.25) is 0 Å². The molecule has 4 aromatic heterocycles. The van der Waals surface area contributed by atoms with Crippen molar-refractivity contribution in [2.75, 3.05) is 5.32 Å². The summed E-state index contributed by atoms with van der Waals surface area (Å²) in [7, 11) is 0. The largest absolute Gasteiger partial charge is 0.364 e. The molecule has 3 aliphatic carbocycles. The summed E-state index contributed by atoms with van der Waals surface area (Å²) in [4.78, 5) is 21.1. The van der Waals surface area contributed by atoms with E-state index in [0.29, 0.717) is 39.4 Å². The maximum atomic E-state index is 15.7. The lowest BCUT2D eigenvalue weighted by atomic mass is 9.62. The predicted octanol–water partition coefficient (Wildman–Crippen LogP) is 6.31. The molecule has 6 nitrogen and oxygen atoms in total. The van der Waals surface area contributed by atoms with Gasteiger partial charge >= 0.3 is 0 Å². The fraction of sp³-hybridized carbons (Fsp3) is 0.391. The minimum Gasteiger partial charge on any atom is -0.364 e. The van der Waals surface area contributed by atoms with Crippen LogP contribution in [-0.4, -0.2) is 31.0 Å². The summed E-state index contributed by atoms with van der Waals surface area (Å²) in [5.74, 6) is 1.41. The smallest absolute Gasteiger partial charge is 0.192 e. The van der Waals surface area contributed by atoms with Crippen molar-refractivity contribution in [3.63, 3.8) is 0 Å². The van der Waals surface area contributed by atoms with Crippen molar-refractivity contribution in [3.8, 4) is 22.0 Å². The highest BCUT2D eigenvalue weighted by Gasteiger charge is 2.41. The Bertz CT molecular complexity index is 1340. The SMILES string of the molecule is C[C@H]1C2CCC(CC2)[C@@H]1Nc1nc(-c2c[nH]c3ncc(Cl)nc23)nc(-c2ccc(F)s2)c1F. The zero-order valence-corrected chi connectivity index (χ0v) is 19.4. The van der Waals surface area contributed by atoms with Crippen molar-refractivity contribution in [3.05, 3.63) is 40.6 Å². The molecule has 4 heterocycles. The standard InChI is InChI=1S/C23H21ClF2N6S/c1-10-11-2-4-12(5-3-11)18(10)30-22-17(26)20(14-6-7-16(25)33-14)31-21(32-22)13-8-27-23-19(13)29-15(24)9-28-23/h6-12,18H,2-5H2,1H3,(H,27,28)(H,30,31,32)/t10-,11?,12?,18+/m0/s1. The van der Waals surface area contributed by atoms with Crippen molar-refractivity contribution < 1.29 is 8.78 Å². The molecule has 3 fully saturated rings. The molecule has 10 heteroatoms. The Morgan fingerprint density at radius 1 is 1.09 bits per heavy atom. The molecule has 0 spiro atoms. The zero-order valence-electron chi connectivity index (χ0n) is 17.8. The molecule has 3 aliphatic rings. The van der Waals surface area contributed by atoms with Crippen molar-refractivity contribution in [2.45, 2.75) is 38.6 Å². The monoisotopic (exact) mass is 486 g/mol. The van der Waals surface area contributed by atoms with E-state index < -0.39 is 10.9 Å². The highest BCUT2D eigenvalue weighted by molar-refractivity contribution is 7.13. The molecular formula is C23H21ClF2N6S. The fourth-order valence-electron chi connectivity index (χ4n) is 5.47. The average Bonchev–Trinajstić information content (AvgIpc) is 3.43. The topological polar surface area (TPSA) is 79.4 Å². The van der Waals surface area contributed by atoms with Gasteiger partial charge in [-0.15, -0.1) is 11.3 Å². The maximum Gasteiger partial charge on any atom is 0.192 e. The van der Waals surface area contributed by atoms with Crippen LogP contribution in [0.5, 0.6) is 0 Å². The molecule has 33 heavy (non-hydrogen) atoms. The molecule has 0 amide bonds. The molecule has 2 atom stereocenters. The van der Waals surface area contributed by atoms with Crippen LogP contribution in [0.15, 0.2) is 24.5 Å². The second kappa shape index (κ2) is 7.99. The molecule has 4 aromatic rings. The van der Waals surface area contributed by atoms with Gasteiger partial charge < -0.3 is 10.3 Å². The molecule has 0 saturated heterocycles. The van der Waals surface area contributed by atoms with Crippen LogP contribution >= 0.6 is 22.9 Å². The molecule has 0 aliphatic heterocycles. The summed E-state index contributed by atoms with van der Waals surface area (Å²) >= 11 is 6.91. The Morgan fingerprint density at radius 3 is 2.61 bits per heavy atom. The Balaban J connectivity index is 1.49. The van der Waals surface area contributed by atoms with E-state index in [1.165, 1.54) is 31.2 Å². The van der Waals surface area contributed by atoms with E-state index in [1.807, 2.05) is 0 Å². The number of aromatic nitrogens is 5. The summed E-state index contributed by atoms with van der Waals surface area (Å²) < 4.78 is 29.5. The second-order valence-corrected chi connectivity index (χ2v) is 10.4. The third-order valence-electron chi connectivity index (χ3n) is 7.19. The van der Waals surface area contributed by atoms with Crippen LogP contribution in [0.1, 0.15) is 32.6 Å². The molecule has 170 valence electrons. The molecule has 7 rings (SSSR count). The fourth-order valence-corrected chi connectivity index (χ4v) is 6.32. The van der Waals surface area contributed by atoms with Crippen LogP contribution in [-0.2, 0) is 0 Å². The first kappa shape index (κ1) is 20.9. The Kier molecular flexibility index (Phi) is 5.06. The summed E-state index contributed by atoms with van der Waals surface area (Å²) in [6.07, 6.45) is 7.88. The van der Waals surface area contributed by atoms with Gasteiger partial charge in [-0.3, -0.25) is 0 Å². The quantitative estimate of drug-likeness (QED) is 0.353. The second-order valence-electron chi connectivity index (χ2n) is 8.96. The van der Waals surface area contributed by atoms with Crippen LogP contribution in [0, 0.1) is 28.7 Å². The number of hydrogen-bond donors (Lipinski definition) is 2. The van der Waals surface area contributed by atoms with Crippen molar-refractivity contribution in [2.24, 2.45) is 17.8 Å². The number of hydrogen-bond acceptors (Lipinski definition) is 6. The summed E-state index contributed by atoms with van der Waals surface area (Å²) in [6, 6.07) is 2.99. The lowest BCUT2D eigenvalue weighted by Gasteiger charge is -2.47. The van der Waals surface area contributed by atoms with Gasteiger partial charge in [0.15, 0.2) is 28.2 Å². The van der Waals surface area contributed by atoms with Crippen LogP contribution in [0.4, 0.5) is 14.6 Å². The minimum atomic E-state index is -0.571. The van der Waals surface area contributed by atoms with Gasteiger partial charge in [0.25, 0.3) is 0 Å². The number of H-pyrrole nitrogens is 1. The Labute approximate surface area is 197 Å². The van der Waals surface area contributed by atoms with Crippen molar-refractivity contribution in [1.82, 2.24) is 24.9 Å². The van der Waals surface area contributed by atoms with Crippen molar-refractivity contribution in [1.29, 1.82) is 0 Å². The zero-order chi connectivity index (χ0) is 22.7. The molecule has 2 bridgehead atoms. The third kappa shape index (κ3) is 3.58. The summed E-state index contributed by atoms with van der Waals surface area (Å²) in [5, 5.41) is 3.25. The number of halogens is 3. The van der Waals surface area contributed by atoms with Crippen LogP contribution in [0.3, 0.4) is 0 Å². The molecule has 0 radical (unpaired) electrons.